The molecule has 1 aromatic carbocycles. The predicted octanol–water partition coefficient (Wildman–Crippen LogP) is 2.04. The Morgan fingerprint density at radius 3 is 2.00 bits per heavy atom. The van der Waals surface area contributed by atoms with E-state index in [1.54, 1.807) is 26.0 Å². The molecule has 0 fully saturated rings. The summed E-state index contributed by atoms with van der Waals surface area (Å²) in [5.74, 6) is -1.06. The fraction of sp³-hybridized carbons (Fsp3) is 0.333. The van der Waals surface area contributed by atoms with Gasteiger partial charge in [0.15, 0.2) is 0 Å². The van der Waals surface area contributed by atoms with Gasteiger partial charge in [0.1, 0.15) is 0 Å². The lowest BCUT2D eigenvalue weighted by molar-refractivity contribution is 0.0368. The van der Waals surface area contributed by atoms with Crippen LogP contribution in [0.15, 0.2) is 24.3 Å². The Morgan fingerprint density at radius 1 is 1.06 bits per heavy atom. The Morgan fingerprint density at radius 2 is 1.56 bits per heavy atom. The van der Waals surface area contributed by atoms with Gasteiger partial charge in [0, 0.05) is 0 Å². The summed E-state index contributed by atoms with van der Waals surface area (Å²) in [4.78, 5) is 23.1. The lowest BCUT2D eigenvalue weighted by atomic mass is 10.1. The van der Waals surface area contributed by atoms with E-state index in [0.717, 1.165) is 0 Å². The fourth-order valence-electron chi connectivity index (χ4n) is 1.23. The fourth-order valence-corrected chi connectivity index (χ4v) is 1.23. The van der Waals surface area contributed by atoms with Crippen molar-refractivity contribution in [2.24, 2.45) is 0 Å². The number of hydrogen-bond donors (Lipinski definition) is 0. The molecular weight excluding hydrogens is 208 g/mol. The van der Waals surface area contributed by atoms with Crippen molar-refractivity contribution in [2.45, 2.75) is 20.0 Å². The molecule has 0 N–H and O–H groups in total. The molecule has 0 saturated carbocycles. The third kappa shape index (κ3) is 2.82. The highest BCUT2D eigenvalue weighted by Gasteiger charge is 2.18. The van der Waals surface area contributed by atoms with E-state index >= 15 is 0 Å². The Kier molecular flexibility index (Phi) is 4.05. The van der Waals surface area contributed by atoms with Gasteiger partial charge < -0.3 is 9.47 Å². The first kappa shape index (κ1) is 12.2. The Labute approximate surface area is 94.2 Å². The van der Waals surface area contributed by atoms with Crippen molar-refractivity contribution in [3.8, 4) is 0 Å². The van der Waals surface area contributed by atoms with Crippen molar-refractivity contribution in [1.29, 1.82) is 0 Å². The minimum atomic E-state index is -0.545. The van der Waals surface area contributed by atoms with Crippen LogP contribution in [-0.2, 0) is 9.47 Å². The van der Waals surface area contributed by atoms with E-state index in [0.29, 0.717) is 0 Å². The molecule has 0 aromatic heterocycles. The number of benzene rings is 1. The molecule has 1 rings (SSSR count). The minimum absolute atomic E-state index is 0.218. The summed E-state index contributed by atoms with van der Waals surface area (Å²) in [6.45, 7) is 3.50. The first-order valence-corrected chi connectivity index (χ1v) is 4.94. The molecule has 0 aliphatic carbocycles. The Hall–Kier alpha value is -1.84. The standard InChI is InChI=1S/C12H14O4/c1-8(2)16-12(14)10-7-5-4-6-9(10)11(13)15-3/h4-8H,1-3H3. The zero-order chi connectivity index (χ0) is 12.1. The molecule has 0 radical (unpaired) electrons. The van der Waals surface area contributed by atoms with E-state index in [1.807, 2.05) is 0 Å². The maximum Gasteiger partial charge on any atom is 0.339 e. The van der Waals surface area contributed by atoms with E-state index in [9.17, 15) is 9.59 Å². The summed E-state index contributed by atoms with van der Waals surface area (Å²) in [5, 5.41) is 0. The summed E-state index contributed by atoms with van der Waals surface area (Å²) >= 11 is 0. The summed E-state index contributed by atoms with van der Waals surface area (Å²) in [6, 6.07) is 6.40. The molecule has 1 aromatic rings. The largest absolute Gasteiger partial charge is 0.465 e. The normalized spacial score (nSPS) is 10.0. The van der Waals surface area contributed by atoms with Gasteiger partial charge in [-0.25, -0.2) is 9.59 Å². The third-order valence-corrected chi connectivity index (χ3v) is 1.90. The third-order valence-electron chi connectivity index (χ3n) is 1.90. The van der Waals surface area contributed by atoms with Gasteiger partial charge in [-0.1, -0.05) is 12.1 Å². The first-order valence-electron chi connectivity index (χ1n) is 4.94. The molecule has 0 heterocycles. The number of carbonyl (C=O) groups excluding carboxylic acids is 2. The summed E-state index contributed by atoms with van der Waals surface area (Å²) < 4.78 is 9.61. The molecular formula is C12H14O4. The molecule has 16 heavy (non-hydrogen) atoms. The molecule has 4 nitrogen and oxygen atoms in total. The predicted molar refractivity (Wildman–Crippen MR) is 58.3 cm³/mol. The highest BCUT2D eigenvalue weighted by Crippen LogP contribution is 2.12. The molecule has 0 saturated heterocycles. The number of carbonyl (C=O) groups is 2. The maximum atomic E-state index is 11.7. The summed E-state index contributed by atoms with van der Waals surface area (Å²) in [6.07, 6.45) is -0.224. The van der Waals surface area contributed by atoms with E-state index < -0.39 is 11.9 Å². The van der Waals surface area contributed by atoms with E-state index in [1.165, 1.54) is 19.2 Å². The number of hydrogen-bond acceptors (Lipinski definition) is 4. The highest BCUT2D eigenvalue weighted by molar-refractivity contribution is 6.03. The number of methoxy groups -OCH3 is 1. The van der Waals surface area contributed by atoms with E-state index in [2.05, 4.69) is 4.74 Å². The Bertz CT molecular complexity index is 396. The van der Waals surface area contributed by atoms with Gasteiger partial charge in [0.25, 0.3) is 0 Å². The van der Waals surface area contributed by atoms with Crippen LogP contribution in [0.2, 0.25) is 0 Å². The molecule has 4 heteroatoms. The maximum absolute atomic E-state index is 11.7. The zero-order valence-corrected chi connectivity index (χ0v) is 9.52. The SMILES string of the molecule is COC(=O)c1ccccc1C(=O)OC(C)C. The molecule has 0 aliphatic heterocycles. The number of ether oxygens (including phenoxy) is 2. The van der Waals surface area contributed by atoms with Gasteiger partial charge in [-0.05, 0) is 26.0 Å². The topological polar surface area (TPSA) is 52.6 Å². The van der Waals surface area contributed by atoms with Crippen LogP contribution in [0.4, 0.5) is 0 Å². The molecule has 0 unspecified atom stereocenters. The molecule has 0 bridgehead atoms. The lowest BCUT2D eigenvalue weighted by Gasteiger charge is -2.10. The first-order chi connectivity index (χ1) is 7.56. The second kappa shape index (κ2) is 5.30. The molecule has 0 aliphatic rings. The van der Waals surface area contributed by atoms with Crippen LogP contribution >= 0.6 is 0 Å². The van der Waals surface area contributed by atoms with Gasteiger partial charge in [0.2, 0.25) is 0 Å². The smallest absolute Gasteiger partial charge is 0.339 e. The average molecular weight is 222 g/mol. The van der Waals surface area contributed by atoms with Gasteiger partial charge in [-0.2, -0.15) is 0 Å². The van der Waals surface area contributed by atoms with Crippen LogP contribution in [0.3, 0.4) is 0 Å². The summed E-state index contributed by atoms with van der Waals surface area (Å²) in [7, 11) is 1.27. The molecule has 0 spiro atoms. The monoisotopic (exact) mass is 222 g/mol. The average Bonchev–Trinajstić information content (AvgIpc) is 2.27. The second-order valence-electron chi connectivity index (χ2n) is 3.49. The molecule has 0 atom stereocenters. The molecule has 0 amide bonds. The van der Waals surface area contributed by atoms with E-state index in [4.69, 9.17) is 4.74 Å². The van der Waals surface area contributed by atoms with Crippen molar-refractivity contribution in [3.63, 3.8) is 0 Å². The number of rotatable bonds is 3. The van der Waals surface area contributed by atoms with Crippen molar-refractivity contribution < 1.29 is 19.1 Å². The van der Waals surface area contributed by atoms with Crippen molar-refractivity contribution in [2.75, 3.05) is 7.11 Å². The van der Waals surface area contributed by atoms with Crippen LogP contribution in [-0.4, -0.2) is 25.2 Å². The van der Waals surface area contributed by atoms with Crippen LogP contribution in [0, 0.1) is 0 Å². The van der Waals surface area contributed by atoms with Crippen molar-refractivity contribution >= 4 is 11.9 Å². The zero-order valence-electron chi connectivity index (χ0n) is 9.52. The van der Waals surface area contributed by atoms with Gasteiger partial charge in [-0.3, -0.25) is 0 Å². The van der Waals surface area contributed by atoms with E-state index in [-0.39, 0.29) is 17.2 Å². The quantitative estimate of drug-likeness (QED) is 0.734. The van der Waals surface area contributed by atoms with Crippen LogP contribution in [0.1, 0.15) is 34.6 Å². The van der Waals surface area contributed by atoms with Crippen LogP contribution in [0.5, 0.6) is 0 Å². The van der Waals surface area contributed by atoms with Crippen LogP contribution < -0.4 is 0 Å². The second-order valence-corrected chi connectivity index (χ2v) is 3.49. The lowest BCUT2D eigenvalue weighted by Crippen LogP contribution is -2.16. The Balaban J connectivity index is 3.03. The highest BCUT2D eigenvalue weighted by atomic mass is 16.5. The van der Waals surface area contributed by atoms with Gasteiger partial charge in [-0.15, -0.1) is 0 Å². The van der Waals surface area contributed by atoms with Gasteiger partial charge in [0.05, 0.1) is 24.3 Å². The minimum Gasteiger partial charge on any atom is -0.465 e. The van der Waals surface area contributed by atoms with Crippen LogP contribution in [0.25, 0.3) is 0 Å². The van der Waals surface area contributed by atoms with Crippen molar-refractivity contribution in [3.05, 3.63) is 35.4 Å². The molecule has 86 valence electrons. The van der Waals surface area contributed by atoms with Crippen molar-refractivity contribution in [1.82, 2.24) is 0 Å². The number of esters is 2. The van der Waals surface area contributed by atoms with Gasteiger partial charge >= 0.3 is 11.9 Å². The summed E-state index contributed by atoms with van der Waals surface area (Å²) in [5.41, 5.74) is 0.443.